The molecule has 0 saturated carbocycles. The molecule has 1 rings (SSSR count). The van der Waals surface area contributed by atoms with E-state index in [9.17, 15) is 26.7 Å². The van der Waals surface area contributed by atoms with Crippen LogP contribution in [-0.2, 0) is 6.18 Å². The van der Waals surface area contributed by atoms with Gasteiger partial charge in [0.2, 0.25) is 0 Å². The first kappa shape index (κ1) is 11.4. The second kappa shape index (κ2) is 3.48. The maximum atomic E-state index is 12.8. The molecule has 0 aliphatic carbocycles. The molecule has 0 heterocycles. The molecule has 0 fully saturated rings. The Morgan fingerprint density at radius 3 is 2.13 bits per heavy atom. The predicted molar refractivity (Wildman–Crippen MR) is 38.3 cm³/mol. The van der Waals surface area contributed by atoms with Crippen molar-refractivity contribution >= 4 is 5.97 Å². The van der Waals surface area contributed by atoms with Crippen molar-refractivity contribution in [3.63, 3.8) is 0 Å². The molecule has 1 aromatic carbocycles. The van der Waals surface area contributed by atoms with Crippen LogP contribution in [0.25, 0.3) is 0 Å². The van der Waals surface area contributed by atoms with Gasteiger partial charge in [-0.2, -0.15) is 13.2 Å². The third-order valence-electron chi connectivity index (χ3n) is 1.61. The lowest BCUT2D eigenvalue weighted by Gasteiger charge is -2.11. The molecule has 0 saturated heterocycles. The summed E-state index contributed by atoms with van der Waals surface area (Å²) in [6.45, 7) is 0. The average molecular weight is 226 g/mol. The highest BCUT2D eigenvalue weighted by atomic mass is 19.4. The molecule has 7 heteroatoms. The minimum atomic E-state index is -5.25. The summed E-state index contributed by atoms with van der Waals surface area (Å²) in [4.78, 5) is 10.3. The van der Waals surface area contributed by atoms with Crippen LogP contribution in [0.1, 0.15) is 15.9 Å². The summed E-state index contributed by atoms with van der Waals surface area (Å²) in [5, 5.41) is 8.36. The average Bonchev–Trinajstić information content (AvgIpc) is 2.06. The SMILES string of the molecule is O=C(O)c1ccc(F)c(F)c1C(F)(F)F. The van der Waals surface area contributed by atoms with E-state index in [2.05, 4.69) is 0 Å². The number of carbonyl (C=O) groups is 1. The maximum absolute atomic E-state index is 12.8. The van der Waals surface area contributed by atoms with Gasteiger partial charge >= 0.3 is 12.1 Å². The molecular formula is C8H3F5O2. The molecule has 82 valence electrons. The van der Waals surface area contributed by atoms with E-state index in [1.165, 1.54) is 0 Å². The molecule has 0 atom stereocenters. The molecule has 1 N–H and O–H groups in total. The zero-order valence-electron chi connectivity index (χ0n) is 6.90. The highest BCUT2D eigenvalue weighted by Crippen LogP contribution is 2.34. The largest absolute Gasteiger partial charge is 0.478 e. The first-order valence-corrected chi connectivity index (χ1v) is 3.53. The lowest BCUT2D eigenvalue weighted by Crippen LogP contribution is -2.16. The van der Waals surface area contributed by atoms with Crippen molar-refractivity contribution in [2.24, 2.45) is 0 Å². The van der Waals surface area contributed by atoms with Gasteiger partial charge in [-0.1, -0.05) is 0 Å². The number of alkyl halides is 3. The number of hydrogen-bond acceptors (Lipinski definition) is 1. The van der Waals surface area contributed by atoms with Crippen molar-refractivity contribution in [3.05, 3.63) is 34.9 Å². The van der Waals surface area contributed by atoms with Crippen LogP contribution in [0.3, 0.4) is 0 Å². The van der Waals surface area contributed by atoms with E-state index in [0.717, 1.165) is 0 Å². The standard InChI is InChI=1S/C8H3F5O2/c9-4-2-1-3(7(14)15)5(6(4)10)8(11,12)13/h1-2H,(H,14,15). The Balaban J connectivity index is 3.57. The maximum Gasteiger partial charge on any atom is 0.420 e. The second-order valence-corrected chi connectivity index (χ2v) is 2.59. The van der Waals surface area contributed by atoms with Gasteiger partial charge in [-0.15, -0.1) is 0 Å². The van der Waals surface area contributed by atoms with Gasteiger partial charge in [0.05, 0.1) is 5.56 Å². The van der Waals surface area contributed by atoms with Crippen LogP contribution in [-0.4, -0.2) is 11.1 Å². The van der Waals surface area contributed by atoms with E-state index < -0.39 is 34.9 Å². The van der Waals surface area contributed by atoms with E-state index in [0.29, 0.717) is 12.1 Å². The van der Waals surface area contributed by atoms with Crippen molar-refractivity contribution in [2.75, 3.05) is 0 Å². The van der Waals surface area contributed by atoms with Gasteiger partial charge in [0, 0.05) is 0 Å². The van der Waals surface area contributed by atoms with E-state index in [1.54, 1.807) is 0 Å². The highest BCUT2D eigenvalue weighted by molar-refractivity contribution is 5.89. The van der Waals surface area contributed by atoms with Gasteiger partial charge in [-0.3, -0.25) is 0 Å². The molecule has 0 aliphatic rings. The molecule has 0 amide bonds. The molecule has 0 aromatic heterocycles. The fourth-order valence-corrected chi connectivity index (χ4v) is 1.01. The Morgan fingerprint density at radius 1 is 1.20 bits per heavy atom. The Labute approximate surface area is 79.9 Å². The first-order chi connectivity index (χ1) is 6.75. The quantitative estimate of drug-likeness (QED) is 0.747. The van der Waals surface area contributed by atoms with Crippen LogP contribution >= 0.6 is 0 Å². The van der Waals surface area contributed by atoms with Crippen LogP contribution < -0.4 is 0 Å². The van der Waals surface area contributed by atoms with Crippen molar-refractivity contribution in [1.29, 1.82) is 0 Å². The molecule has 0 bridgehead atoms. The van der Waals surface area contributed by atoms with Gasteiger partial charge < -0.3 is 5.11 Å². The Kier molecular flexibility index (Phi) is 2.65. The van der Waals surface area contributed by atoms with E-state index in [-0.39, 0.29) is 0 Å². The number of hydrogen-bond donors (Lipinski definition) is 1. The van der Waals surface area contributed by atoms with Crippen molar-refractivity contribution < 1.29 is 31.9 Å². The van der Waals surface area contributed by atoms with Gasteiger partial charge in [0.25, 0.3) is 0 Å². The zero-order valence-corrected chi connectivity index (χ0v) is 6.90. The molecule has 0 aliphatic heterocycles. The molecule has 0 spiro atoms. The van der Waals surface area contributed by atoms with E-state index >= 15 is 0 Å². The summed E-state index contributed by atoms with van der Waals surface area (Å²) in [6, 6.07) is 0.692. The van der Waals surface area contributed by atoms with Crippen molar-refractivity contribution in [3.8, 4) is 0 Å². The summed E-state index contributed by atoms with van der Waals surface area (Å²) in [5.74, 6) is -5.92. The number of aromatic carboxylic acids is 1. The molecule has 0 radical (unpaired) electrons. The summed E-state index contributed by atoms with van der Waals surface area (Å²) >= 11 is 0. The summed E-state index contributed by atoms with van der Waals surface area (Å²) in [5.41, 5.74) is -3.42. The van der Waals surface area contributed by atoms with Crippen LogP contribution in [0.2, 0.25) is 0 Å². The monoisotopic (exact) mass is 226 g/mol. The van der Waals surface area contributed by atoms with Crippen LogP contribution in [0.5, 0.6) is 0 Å². The fourth-order valence-electron chi connectivity index (χ4n) is 1.01. The Bertz CT molecular complexity index is 410. The molecule has 2 nitrogen and oxygen atoms in total. The third-order valence-corrected chi connectivity index (χ3v) is 1.61. The molecular weight excluding hydrogens is 223 g/mol. The lowest BCUT2D eigenvalue weighted by molar-refractivity contribution is -0.140. The van der Waals surface area contributed by atoms with Gasteiger partial charge in [0.1, 0.15) is 5.56 Å². The minimum absolute atomic E-state index is 0.327. The second-order valence-electron chi connectivity index (χ2n) is 2.59. The smallest absolute Gasteiger partial charge is 0.420 e. The Morgan fingerprint density at radius 2 is 1.73 bits per heavy atom. The summed E-state index contributed by atoms with van der Waals surface area (Å²) in [7, 11) is 0. The van der Waals surface area contributed by atoms with Gasteiger partial charge in [-0.05, 0) is 12.1 Å². The summed E-state index contributed by atoms with van der Waals surface area (Å²) in [6.07, 6.45) is -5.25. The third kappa shape index (κ3) is 2.05. The predicted octanol–water partition coefficient (Wildman–Crippen LogP) is 2.68. The van der Waals surface area contributed by atoms with Gasteiger partial charge in [-0.25, -0.2) is 13.6 Å². The van der Waals surface area contributed by atoms with Crippen LogP contribution in [0, 0.1) is 11.6 Å². The number of rotatable bonds is 1. The van der Waals surface area contributed by atoms with Crippen molar-refractivity contribution in [1.82, 2.24) is 0 Å². The van der Waals surface area contributed by atoms with E-state index in [4.69, 9.17) is 5.11 Å². The number of halogens is 5. The zero-order chi connectivity index (χ0) is 11.8. The van der Waals surface area contributed by atoms with Gasteiger partial charge in [0.15, 0.2) is 11.6 Å². The molecule has 0 unspecified atom stereocenters. The highest BCUT2D eigenvalue weighted by Gasteiger charge is 2.39. The van der Waals surface area contributed by atoms with E-state index in [1.807, 2.05) is 0 Å². The number of carboxylic acids is 1. The topological polar surface area (TPSA) is 37.3 Å². The Hall–Kier alpha value is -1.66. The van der Waals surface area contributed by atoms with Crippen LogP contribution in [0.15, 0.2) is 12.1 Å². The minimum Gasteiger partial charge on any atom is -0.478 e. The fraction of sp³-hybridized carbons (Fsp3) is 0.125. The van der Waals surface area contributed by atoms with Crippen molar-refractivity contribution in [2.45, 2.75) is 6.18 Å². The van der Waals surface area contributed by atoms with Crippen LogP contribution in [0.4, 0.5) is 22.0 Å². The number of benzene rings is 1. The number of carboxylic acid groups (broad SMARTS) is 1. The normalized spacial score (nSPS) is 11.5. The summed E-state index contributed by atoms with van der Waals surface area (Å²) < 4.78 is 61.8. The molecule has 15 heavy (non-hydrogen) atoms. The molecule has 1 aromatic rings. The first-order valence-electron chi connectivity index (χ1n) is 3.53. The lowest BCUT2D eigenvalue weighted by atomic mass is 10.1.